The number of hydrogen-bond donors (Lipinski definition) is 8. The highest BCUT2D eigenvalue weighted by Crippen LogP contribution is 2.27. The van der Waals surface area contributed by atoms with Crippen LogP contribution >= 0.6 is 0 Å². The van der Waals surface area contributed by atoms with Crippen molar-refractivity contribution in [2.75, 3.05) is 32.7 Å². The maximum atomic E-state index is 14.2. The molecule has 1 saturated heterocycles. The number of guanidine groups is 1. The Hall–Kier alpha value is -6.07. The van der Waals surface area contributed by atoms with E-state index in [9.17, 15) is 24.0 Å². The van der Waals surface area contributed by atoms with Crippen molar-refractivity contribution in [1.29, 1.82) is 5.41 Å². The molecular formula is C36H49N11O7. The van der Waals surface area contributed by atoms with Crippen molar-refractivity contribution in [2.45, 2.75) is 70.5 Å². The summed E-state index contributed by atoms with van der Waals surface area (Å²) in [4.78, 5) is 89.6. The van der Waals surface area contributed by atoms with Gasteiger partial charge in [0.05, 0.1) is 12.6 Å². The number of amides is 5. The number of benzene rings is 1. The van der Waals surface area contributed by atoms with Crippen LogP contribution in [0.25, 0.3) is 10.9 Å². The summed E-state index contributed by atoms with van der Waals surface area (Å²) in [6.07, 6.45) is 9.00. The van der Waals surface area contributed by atoms with Gasteiger partial charge in [-0.1, -0.05) is 18.2 Å². The van der Waals surface area contributed by atoms with Gasteiger partial charge in [0, 0.05) is 88.5 Å². The molecule has 1 saturated carbocycles. The molecular weight excluding hydrogens is 698 g/mol. The first-order chi connectivity index (χ1) is 25.8. The number of carbonyl (C=O) groups excluding carboxylic acids is 5. The second-order valence-corrected chi connectivity index (χ2v) is 13.4. The van der Waals surface area contributed by atoms with E-state index in [1.165, 1.54) is 25.5 Å². The fraction of sp³-hybridized carbons (Fsp3) is 0.472. The maximum Gasteiger partial charge on any atom is 0.300 e. The topological polar surface area (TPSA) is 269 Å². The van der Waals surface area contributed by atoms with Crippen LogP contribution in [0.3, 0.4) is 0 Å². The van der Waals surface area contributed by atoms with Crippen molar-refractivity contribution < 1.29 is 33.9 Å². The molecule has 18 heteroatoms. The lowest BCUT2D eigenvalue weighted by atomic mass is 9.98. The first kappa shape index (κ1) is 40.7. The number of fused-ring (bicyclic) bond motifs is 1. The lowest BCUT2D eigenvalue weighted by Crippen LogP contribution is -2.57. The Bertz CT molecular complexity index is 1790. The summed E-state index contributed by atoms with van der Waals surface area (Å²) in [6.45, 7) is 4.22. The third-order valence-corrected chi connectivity index (χ3v) is 8.95. The Kier molecular flexibility index (Phi) is 14.8. The minimum absolute atomic E-state index is 0.0104. The van der Waals surface area contributed by atoms with Crippen LogP contribution in [-0.4, -0.2) is 122 Å². The molecule has 18 nitrogen and oxygen atoms in total. The third kappa shape index (κ3) is 12.6. The zero-order valence-corrected chi connectivity index (χ0v) is 30.5. The second kappa shape index (κ2) is 19.7. The van der Waals surface area contributed by atoms with Gasteiger partial charge in [-0.3, -0.25) is 39.2 Å². The Balaban J connectivity index is 0.00000155. The quantitative estimate of drug-likeness (QED) is 0.0764. The zero-order valence-electron chi connectivity index (χ0n) is 30.5. The molecule has 2 aromatic heterocycles. The van der Waals surface area contributed by atoms with E-state index in [1.54, 1.807) is 16.0 Å². The fourth-order valence-corrected chi connectivity index (χ4v) is 6.27. The van der Waals surface area contributed by atoms with E-state index in [4.69, 9.17) is 21.0 Å². The summed E-state index contributed by atoms with van der Waals surface area (Å²) in [7, 11) is 0. The highest BCUT2D eigenvalue weighted by molar-refractivity contribution is 5.95. The molecule has 1 aliphatic carbocycles. The van der Waals surface area contributed by atoms with E-state index >= 15 is 0 Å². The first-order valence-corrected chi connectivity index (χ1v) is 17.8. The number of hydrogen-bond acceptors (Lipinski definition) is 9. The molecule has 9 N–H and O–H groups in total. The minimum atomic E-state index is -1.24. The molecule has 2 aliphatic rings. The van der Waals surface area contributed by atoms with Gasteiger partial charge >= 0.3 is 0 Å². The van der Waals surface area contributed by atoms with Gasteiger partial charge in [0.15, 0.2) is 5.96 Å². The van der Waals surface area contributed by atoms with Gasteiger partial charge < -0.3 is 46.9 Å². The van der Waals surface area contributed by atoms with Gasteiger partial charge in [0.2, 0.25) is 23.6 Å². The van der Waals surface area contributed by atoms with Crippen molar-refractivity contribution in [3.63, 3.8) is 0 Å². The van der Waals surface area contributed by atoms with Crippen LogP contribution in [0.1, 0.15) is 62.0 Å². The number of nitrogens with two attached hydrogens (primary N) is 1. The number of carboxylic acid groups (broad SMARTS) is 1. The molecule has 1 aromatic carbocycles. The van der Waals surface area contributed by atoms with Gasteiger partial charge in [-0.05, 0) is 43.2 Å². The number of carbonyl (C=O) groups is 6. The van der Waals surface area contributed by atoms with E-state index in [2.05, 4.69) is 36.2 Å². The van der Waals surface area contributed by atoms with E-state index in [0.717, 1.165) is 49.1 Å². The van der Waals surface area contributed by atoms with Crippen molar-refractivity contribution in [3.05, 3.63) is 60.3 Å². The highest BCUT2D eigenvalue weighted by Gasteiger charge is 2.38. The van der Waals surface area contributed by atoms with Crippen LogP contribution in [0, 0.1) is 11.3 Å². The number of nitrogens with one attached hydrogen (secondary N) is 6. The number of aliphatic carboxylic acids is 1. The van der Waals surface area contributed by atoms with Crippen molar-refractivity contribution in [3.8, 4) is 0 Å². The molecule has 3 heterocycles. The van der Waals surface area contributed by atoms with Gasteiger partial charge in [-0.25, -0.2) is 4.98 Å². The van der Waals surface area contributed by atoms with E-state index in [1.807, 2.05) is 24.3 Å². The van der Waals surface area contributed by atoms with E-state index in [0.29, 0.717) is 19.6 Å². The number of aromatic nitrogens is 3. The molecule has 54 heavy (non-hydrogen) atoms. The van der Waals surface area contributed by atoms with Crippen LogP contribution in [0.4, 0.5) is 0 Å². The Morgan fingerprint density at radius 3 is 2.46 bits per heavy atom. The Morgan fingerprint density at radius 1 is 1.06 bits per heavy atom. The number of aromatic amines is 1. The summed E-state index contributed by atoms with van der Waals surface area (Å²) in [5, 5.41) is 27.2. The van der Waals surface area contributed by atoms with Crippen molar-refractivity contribution in [2.24, 2.45) is 11.7 Å². The number of H-pyrrole nitrogens is 1. The summed E-state index contributed by atoms with van der Waals surface area (Å²) in [5.74, 6) is -3.12. The van der Waals surface area contributed by atoms with Crippen LogP contribution in [0.5, 0.6) is 0 Å². The first-order valence-electron chi connectivity index (χ1n) is 17.8. The number of rotatable bonds is 15. The number of nitrogens with zero attached hydrogens (tertiary/aromatic N) is 4. The number of para-hydroxylation sites is 1. The Labute approximate surface area is 312 Å². The monoisotopic (exact) mass is 747 g/mol. The van der Waals surface area contributed by atoms with E-state index < -0.39 is 47.6 Å². The van der Waals surface area contributed by atoms with Crippen molar-refractivity contribution >= 4 is 52.4 Å². The largest absolute Gasteiger partial charge is 0.481 e. The smallest absolute Gasteiger partial charge is 0.300 e. The standard InChI is InChI=1S/C34H45N11O5.C2H4O2/c1-21(46)42-27(15-23-18-40-26-7-3-2-6-25(23)26)32(49)43-28(16-30(47)41-17-22-5-4-13-44(20-22)34(35)36)33(50)45(24-8-9-24)14-12-39-31(48)29-19-37-10-11-38-29;1-2(3)4/h2-3,6-7,10-11,18-19,22,24,27-28,40H,4-5,8-9,12-17,20H2,1H3,(H3,35,36)(H,39,48)(H,41,47)(H,42,46)(H,43,49);1H3,(H,3,4)/t22-,27-,28-;/m0./s1. The lowest BCUT2D eigenvalue weighted by Gasteiger charge is -2.33. The van der Waals surface area contributed by atoms with Gasteiger partial charge in [0.25, 0.3) is 11.9 Å². The number of piperidine rings is 1. The summed E-state index contributed by atoms with van der Waals surface area (Å²) in [5.41, 5.74) is 7.50. The zero-order chi connectivity index (χ0) is 39.2. The molecule has 0 radical (unpaired) electrons. The molecule has 3 atom stereocenters. The SMILES string of the molecule is CC(=O)N[C@@H](Cc1c[nH]c2ccccc12)C(=O)N[C@@H](CC(=O)NC[C@@H]1CCCN(C(=N)N)C1)C(=O)N(CCNC(=O)c1cnccn1)C1CC1.CC(=O)O. The van der Waals surface area contributed by atoms with Crippen LogP contribution in [-0.2, 0) is 30.4 Å². The highest BCUT2D eigenvalue weighted by atomic mass is 16.4. The summed E-state index contributed by atoms with van der Waals surface area (Å²) in [6, 6.07) is 5.24. The molecule has 5 amide bonds. The minimum Gasteiger partial charge on any atom is -0.481 e. The fourth-order valence-electron chi connectivity index (χ4n) is 6.27. The predicted octanol–water partition coefficient (Wildman–Crippen LogP) is 0.114. The predicted molar refractivity (Wildman–Crippen MR) is 198 cm³/mol. The van der Waals surface area contributed by atoms with Crippen LogP contribution in [0.2, 0.25) is 0 Å². The average molecular weight is 748 g/mol. The van der Waals surface area contributed by atoms with Gasteiger partial charge in [-0.2, -0.15) is 0 Å². The lowest BCUT2D eigenvalue weighted by molar-refractivity contribution is -0.139. The van der Waals surface area contributed by atoms with Gasteiger partial charge in [-0.15, -0.1) is 0 Å². The van der Waals surface area contributed by atoms with Crippen LogP contribution in [0.15, 0.2) is 49.1 Å². The molecule has 2 fully saturated rings. The molecule has 0 unspecified atom stereocenters. The average Bonchev–Trinajstić information content (AvgIpc) is 3.91. The number of carboxylic acids is 1. The normalized spacial score (nSPS) is 16.1. The molecule has 290 valence electrons. The molecule has 3 aromatic rings. The third-order valence-electron chi connectivity index (χ3n) is 8.95. The number of likely N-dealkylation sites (tertiary alicyclic amines) is 1. The van der Waals surface area contributed by atoms with Crippen LogP contribution < -0.4 is 27.0 Å². The molecule has 1 aliphatic heterocycles. The van der Waals surface area contributed by atoms with E-state index in [-0.39, 0.29) is 49.5 Å². The summed E-state index contributed by atoms with van der Waals surface area (Å²) >= 11 is 0. The maximum absolute atomic E-state index is 14.2. The summed E-state index contributed by atoms with van der Waals surface area (Å²) < 4.78 is 0. The second-order valence-electron chi connectivity index (χ2n) is 13.4. The van der Waals surface area contributed by atoms with Crippen molar-refractivity contribution in [1.82, 2.24) is 46.0 Å². The van der Waals surface area contributed by atoms with Gasteiger partial charge in [0.1, 0.15) is 17.8 Å². The molecule has 5 rings (SSSR count). The molecule has 0 bridgehead atoms. The molecule has 0 spiro atoms. The Morgan fingerprint density at radius 2 is 1.80 bits per heavy atom.